The number of esters is 1. The summed E-state index contributed by atoms with van der Waals surface area (Å²) in [5.74, 6) is -0.131. The average molecular weight is 384 g/mol. The summed E-state index contributed by atoms with van der Waals surface area (Å²) in [6, 6.07) is 9.78. The number of likely N-dealkylation sites (tertiary alicyclic amines) is 1. The van der Waals surface area contributed by atoms with Crippen LogP contribution in [0.2, 0.25) is 0 Å². The fourth-order valence-corrected chi connectivity index (χ4v) is 3.82. The molecule has 0 N–H and O–H groups in total. The van der Waals surface area contributed by atoms with E-state index in [1.807, 2.05) is 36.9 Å². The van der Waals surface area contributed by atoms with Crippen molar-refractivity contribution in [3.05, 3.63) is 48.5 Å². The molecular formula is C21H28N4O3. The molecule has 3 rings (SSSR count). The molecular weight excluding hydrogens is 356 g/mol. The first-order valence-electron chi connectivity index (χ1n) is 9.90. The van der Waals surface area contributed by atoms with E-state index in [-0.39, 0.29) is 11.9 Å². The number of rotatable bonds is 7. The number of ether oxygens (including phenoxy) is 1. The molecule has 7 heteroatoms. The number of carbonyl (C=O) groups excluding carboxylic acids is 2. The maximum Gasteiger partial charge on any atom is 0.312 e. The van der Waals surface area contributed by atoms with E-state index in [0.29, 0.717) is 32.5 Å². The van der Waals surface area contributed by atoms with Gasteiger partial charge in [0.2, 0.25) is 5.91 Å². The average Bonchev–Trinajstić information content (AvgIpc) is 3.27. The predicted octanol–water partition coefficient (Wildman–Crippen LogP) is 2.64. The number of nitrogens with zero attached hydrogens (tertiary/aromatic N) is 4. The van der Waals surface area contributed by atoms with Crippen LogP contribution in [-0.4, -0.2) is 51.2 Å². The zero-order valence-electron chi connectivity index (χ0n) is 16.6. The standard InChI is InChI=1S/C21H28N4O3/c1-3-28-20(27)21(10-9-18-7-5-4-6-8-18)11-13-24(14-12-21)19(26)17(2)25-16-22-15-23-25/h4-8,15-17H,3,9-14H2,1-2H3/t17-/m1/s1. The van der Waals surface area contributed by atoms with E-state index in [9.17, 15) is 9.59 Å². The molecule has 0 unspecified atom stereocenters. The van der Waals surface area contributed by atoms with Gasteiger partial charge in [0.05, 0.1) is 12.0 Å². The van der Waals surface area contributed by atoms with Gasteiger partial charge in [-0.15, -0.1) is 0 Å². The van der Waals surface area contributed by atoms with Crippen LogP contribution in [0.15, 0.2) is 43.0 Å². The van der Waals surface area contributed by atoms with E-state index >= 15 is 0 Å². The molecule has 0 radical (unpaired) electrons. The Hall–Kier alpha value is -2.70. The molecule has 1 aromatic carbocycles. The highest BCUT2D eigenvalue weighted by Gasteiger charge is 2.43. The monoisotopic (exact) mass is 384 g/mol. The molecule has 1 aliphatic rings. The van der Waals surface area contributed by atoms with E-state index in [2.05, 4.69) is 22.2 Å². The Balaban J connectivity index is 1.66. The van der Waals surface area contributed by atoms with Gasteiger partial charge in [0.1, 0.15) is 18.7 Å². The van der Waals surface area contributed by atoms with Gasteiger partial charge in [-0.2, -0.15) is 5.10 Å². The smallest absolute Gasteiger partial charge is 0.312 e. The highest BCUT2D eigenvalue weighted by atomic mass is 16.5. The molecule has 2 heterocycles. The number of piperidine rings is 1. The van der Waals surface area contributed by atoms with Crippen molar-refractivity contribution in [2.75, 3.05) is 19.7 Å². The largest absolute Gasteiger partial charge is 0.466 e. The lowest BCUT2D eigenvalue weighted by molar-refractivity contribution is -0.161. The number of amides is 1. The minimum absolute atomic E-state index is 0.00557. The third kappa shape index (κ3) is 4.40. The summed E-state index contributed by atoms with van der Waals surface area (Å²) in [6.45, 7) is 5.12. The maximum absolute atomic E-state index is 12.8. The zero-order valence-corrected chi connectivity index (χ0v) is 16.6. The molecule has 1 aliphatic heterocycles. The van der Waals surface area contributed by atoms with Crippen LogP contribution in [0, 0.1) is 5.41 Å². The number of benzene rings is 1. The summed E-state index contributed by atoms with van der Waals surface area (Å²) in [5.41, 5.74) is 0.684. The molecule has 2 aromatic rings. The maximum atomic E-state index is 12.8. The van der Waals surface area contributed by atoms with E-state index < -0.39 is 11.5 Å². The molecule has 7 nitrogen and oxygen atoms in total. The van der Waals surface area contributed by atoms with Gasteiger partial charge in [-0.05, 0) is 45.1 Å². The van der Waals surface area contributed by atoms with Crippen molar-refractivity contribution in [3.8, 4) is 0 Å². The van der Waals surface area contributed by atoms with Crippen molar-refractivity contribution in [3.63, 3.8) is 0 Å². The van der Waals surface area contributed by atoms with Crippen molar-refractivity contribution >= 4 is 11.9 Å². The first kappa shape index (κ1) is 20.0. The summed E-state index contributed by atoms with van der Waals surface area (Å²) >= 11 is 0. The Morgan fingerprint density at radius 3 is 2.54 bits per heavy atom. The Labute approximate surface area is 165 Å². The molecule has 1 aromatic heterocycles. The minimum atomic E-state index is -0.529. The fraction of sp³-hybridized carbons (Fsp3) is 0.524. The van der Waals surface area contributed by atoms with Crippen LogP contribution in [0.5, 0.6) is 0 Å². The van der Waals surface area contributed by atoms with Crippen molar-refractivity contribution in [2.45, 2.75) is 45.6 Å². The lowest BCUT2D eigenvalue weighted by atomic mass is 9.74. The number of hydrogen-bond donors (Lipinski definition) is 0. The second-order valence-electron chi connectivity index (χ2n) is 7.36. The molecule has 0 bridgehead atoms. The predicted molar refractivity (Wildman–Crippen MR) is 104 cm³/mol. The molecule has 1 fully saturated rings. The lowest BCUT2D eigenvalue weighted by Crippen LogP contribution is -2.48. The van der Waals surface area contributed by atoms with Crippen LogP contribution in [0.1, 0.15) is 44.7 Å². The van der Waals surface area contributed by atoms with Gasteiger partial charge in [0.15, 0.2) is 0 Å². The molecule has 28 heavy (non-hydrogen) atoms. The second-order valence-corrected chi connectivity index (χ2v) is 7.36. The van der Waals surface area contributed by atoms with Crippen LogP contribution in [-0.2, 0) is 20.7 Å². The van der Waals surface area contributed by atoms with Gasteiger partial charge in [-0.25, -0.2) is 9.67 Å². The summed E-state index contributed by atoms with van der Waals surface area (Å²) in [5, 5.41) is 4.06. The molecule has 1 saturated heterocycles. The highest BCUT2D eigenvalue weighted by Crippen LogP contribution is 2.38. The van der Waals surface area contributed by atoms with Gasteiger partial charge in [-0.3, -0.25) is 9.59 Å². The Morgan fingerprint density at radius 1 is 1.21 bits per heavy atom. The van der Waals surface area contributed by atoms with Crippen LogP contribution in [0.4, 0.5) is 0 Å². The summed E-state index contributed by atoms with van der Waals surface area (Å²) < 4.78 is 6.97. The fourth-order valence-electron chi connectivity index (χ4n) is 3.82. The molecule has 150 valence electrons. The quantitative estimate of drug-likeness (QED) is 0.686. The molecule has 1 atom stereocenters. The highest BCUT2D eigenvalue weighted by molar-refractivity contribution is 5.81. The third-order valence-electron chi connectivity index (χ3n) is 5.67. The topological polar surface area (TPSA) is 77.3 Å². The number of hydrogen-bond acceptors (Lipinski definition) is 5. The lowest BCUT2D eigenvalue weighted by Gasteiger charge is -2.40. The van der Waals surface area contributed by atoms with Gasteiger partial charge < -0.3 is 9.64 Å². The van der Waals surface area contributed by atoms with E-state index in [1.165, 1.54) is 11.9 Å². The van der Waals surface area contributed by atoms with Crippen molar-refractivity contribution in [1.29, 1.82) is 0 Å². The SMILES string of the molecule is CCOC(=O)C1(CCc2ccccc2)CCN(C(=O)[C@@H](C)n2cncn2)CC1. The molecule has 1 amide bonds. The Kier molecular flexibility index (Phi) is 6.44. The second kappa shape index (κ2) is 8.99. The number of carbonyl (C=O) groups is 2. The van der Waals surface area contributed by atoms with Gasteiger partial charge >= 0.3 is 5.97 Å². The van der Waals surface area contributed by atoms with Crippen LogP contribution in [0.3, 0.4) is 0 Å². The third-order valence-corrected chi connectivity index (χ3v) is 5.67. The first-order valence-corrected chi connectivity index (χ1v) is 9.90. The van der Waals surface area contributed by atoms with Crippen molar-refractivity contribution in [1.82, 2.24) is 19.7 Å². The van der Waals surface area contributed by atoms with Gasteiger partial charge in [0, 0.05) is 13.1 Å². The van der Waals surface area contributed by atoms with Crippen LogP contribution >= 0.6 is 0 Å². The van der Waals surface area contributed by atoms with E-state index in [1.54, 1.807) is 11.0 Å². The van der Waals surface area contributed by atoms with Crippen molar-refractivity contribution in [2.24, 2.45) is 5.41 Å². The summed E-state index contributed by atoms with van der Waals surface area (Å²) in [6.07, 6.45) is 5.77. The zero-order chi connectivity index (χ0) is 20.0. The van der Waals surface area contributed by atoms with E-state index in [0.717, 1.165) is 12.8 Å². The normalized spacial score (nSPS) is 17.1. The van der Waals surface area contributed by atoms with E-state index in [4.69, 9.17) is 4.74 Å². The number of aryl methyl sites for hydroxylation is 1. The summed E-state index contributed by atoms with van der Waals surface area (Å²) in [4.78, 5) is 31.3. The number of aromatic nitrogens is 3. The van der Waals surface area contributed by atoms with Crippen molar-refractivity contribution < 1.29 is 14.3 Å². The molecule has 0 aliphatic carbocycles. The minimum Gasteiger partial charge on any atom is -0.466 e. The van der Waals surface area contributed by atoms with Crippen LogP contribution in [0.25, 0.3) is 0 Å². The Bertz CT molecular complexity index is 768. The van der Waals surface area contributed by atoms with Gasteiger partial charge in [-0.1, -0.05) is 30.3 Å². The first-order chi connectivity index (χ1) is 13.6. The summed E-state index contributed by atoms with van der Waals surface area (Å²) in [7, 11) is 0. The molecule has 0 saturated carbocycles. The molecule has 0 spiro atoms. The van der Waals surface area contributed by atoms with Crippen LogP contribution < -0.4 is 0 Å². The Morgan fingerprint density at radius 2 is 1.93 bits per heavy atom. The van der Waals surface area contributed by atoms with Gasteiger partial charge in [0.25, 0.3) is 0 Å².